The second kappa shape index (κ2) is 23.4. The SMILES string of the molecule is COc1cc(/C=C/C(=O)OC[C@H]2O[C@H](O[C@]3(CO)O[C@H](COC(=O)/C=C/c4ccc(O)cc4)[C@@H](O)[C@@H]3OC(=O)/C=C/c3ccc(O)cc3)[C@H](O)[C@@H](OC(=O)/C=C/c3ccc(O)cc3)[C@@H]2O)ccc1O. The summed E-state index contributed by atoms with van der Waals surface area (Å²) in [6, 6.07) is 21.5. The number of methoxy groups -OCH3 is 1. The van der Waals surface area contributed by atoms with Crippen molar-refractivity contribution in [2.24, 2.45) is 0 Å². The molecule has 69 heavy (non-hydrogen) atoms. The average molecular weight is 957 g/mol. The maximum atomic E-state index is 13.3. The maximum Gasteiger partial charge on any atom is 0.331 e. The van der Waals surface area contributed by atoms with Crippen LogP contribution in [0.25, 0.3) is 24.3 Å². The molecule has 20 nitrogen and oxygen atoms in total. The highest BCUT2D eigenvalue weighted by molar-refractivity contribution is 5.89. The molecule has 0 amide bonds. The largest absolute Gasteiger partial charge is 0.508 e. The van der Waals surface area contributed by atoms with Crippen LogP contribution in [0.2, 0.25) is 0 Å². The molecule has 9 atom stereocenters. The minimum atomic E-state index is -2.67. The van der Waals surface area contributed by atoms with Crippen LogP contribution in [0.3, 0.4) is 0 Å². The first-order valence-electron chi connectivity index (χ1n) is 20.9. The van der Waals surface area contributed by atoms with Gasteiger partial charge < -0.3 is 78.7 Å². The molecular weight excluding hydrogens is 909 g/mol. The number of aliphatic hydroxyl groups excluding tert-OH is 4. The van der Waals surface area contributed by atoms with Crippen LogP contribution in [-0.4, -0.2) is 146 Å². The molecule has 364 valence electrons. The predicted molar refractivity (Wildman–Crippen MR) is 239 cm³/mol. The van der Waals surface area contributed by atoms with Gasteiger partial charge >= 0.3 is 23.9 Å². The van der Waals surface area contributed by atoms with Crippen LogP contribution in [0, 0.1) is 0 Å². The van der Waals surface area contributed by atoms with Gasteiger partial charge in [0.2, 0.25) is 5.79 Å². The Bertz CT molecular complexity index is 2520. The summed E-state index contributed by atoms with van der Waals surface area (Å²) in [4.78, 5) is 52.1. The zero-order valence-electron chi connectivity index (χ0n) is 36.5. The van der Waals surface area contributed by atoms with Crippen molar-refractivity contribution in [3.63, 3.8) is 0 Å². The number of ether oxygens (including phenoxy) is 8. The van der Waals surface area contributed by atoms with E-state index in [2.05, 4.69) is 0 Å². The molecular formula is C49H48O20. The highest BCUT2D eigenvalue weighted by Gasteiger charge is 2.61. The van der Waals surface area contributed by atoms with Gasteiger partial charge in [0.05, 0.1) is 7.11 Å². The molecule has 2 aliphatic heterocycles. The molecule has 2 heterocycles. The lowest BCUT2D eigenvalue weighted by Crippen LogP contribution is -2.64. The van der Waals surface area contributed by atoms with E-state index in [-0.39, 0.29) is 28.7 Å². The zero-order valence-corrected chi connectivity index (χ0v) is 36.5. The molecule has 0 aromatic heterocycles. The minimum Gasteiger partial charge on any atom is -0.508 e. The van der Waals surface area contributed by atoms with E-state index in [1.165, 1.54) is 122 Å². The first kappa shape index (κ1) is 50.8. The van der Waals surface area contributed by atoms with E-state index in [0.29, 0.717) is 22.3 Å². The second-order valence-corrected chi connectivity index (χ2v) is 15.3. The Morgan fingerprint density at radius 1 is 0.580 bits per heavy atom. The molecule has 0 radical (unpaired) electrons. The van der Waals surface area contributed by atoms with Gasteiger partial charge in [-0.25, -0.2) is 19.2 Å². The van der Waals surface area contributed by atoms with Crippen molar-refractivity contribution in [3.05, 3.63) is 138 Å². The van der Waals surface area contributed by atoms with Gasteiger partial charge in [-0.2, -0.15) is 0 Å². The van der Waals surface area contributed by atoms with Crippen LogP contribution in [-0.2, 0) is 52.3 Å². The summed E-state index contributed by atoms with van der Waals surface area (Å²) < 4.78 is 44.6. The van der Waals surface area contributed by atoms with Crippen molar-refractivity contribution >= 4 is 48.2 Å². The molecule has 4 aromatic rings. The number of carbonyl (C=O) groups excluding carboxylic acids is 4. The summed E-state index contributed by atoms with van der Waals surface area (Å²) in [6.45, 7) is -2.76. The highest BCUT2D eigenvalue weighted by atomic mass is 16.8. The number of aromatic hydroxyl groups is 4. The third-order valence-electron chi connectivity index (χ3n) is 10.5. The molecule has 0 aliphatic carbocycles. The molecule has 0 unspecified atom stereocenters. The van der Waals surface area contributed by atoms with E-state index >= 15 is 0 Å². The fraction of sp³-hybridized carbons (Fsp3) is 0.265. The molecule has 20 heteroatoms. The molecule has 2 saturated heterocycles. The van der Waals surface area contributed by atoms with Crippen LogP contribution >= 0.6 is 0 Å². The summed E-state index contributed by atoms with van der Waals surface area (Å²) in [5.41, 5.74) is 1.85. The van der Waals surface area contributed by atoms with Crippen molar-refractivity contribution in [1.82, 2.24) is 0 Å². The van der Waals surface area contributed by atoms with Crippen molar-refractivity contribution in [2.45, 2.75) is 54.8 Å². The fourth-order valence-corrected chi connectivity index (χ4v) is 6.85. The van der Waals surface area contributed by atoms with Crippen molar-refractivity contribution in [1.29, 1.82) is 0 Å². The van der Waals surface area contributed by atoms with Crippen molar-refractivity contribution < 1.29 is 97.9 Å². The van der Waals surface area contributed by atoms with Gasteiger partial charge in [-0.1, -0.05) is 42.5 Å². The number of benzene rings is 4. The molecule has 4 aromatic carbocycles. The average Bonchev–Trinajstić information content (AvgIpc) is 3.60. The number of aliphatic hydroxyl groups is 4. The minimum absolute atomic E-state index is 0.00254. The van der Waals surface area contributed by atoms with E-state index < -0.39 is 98.5 Å². The quantitative estimate of drug-likeness (QED) is 0.0404. The number of hydrogen-bond acceptors (Lipinski definition) is 20. The molecule has 6 rings (SSSR count). The van der Waals surface area contributed by atoms with Gasteiger partial charge in [0.1, 0.15) is 67.6 Å². The Morgan fingerprint density at radius 2 is 1.03 bits per heavy atom. The van der Waals surface area contributed by atoms with Crippen LogP contribution in [0.4, 0.5) is 0 Å². The smallest absolute Gasteiger partial charge is 0.331 e. The number of phenolic OH excluding ortho intramolecular Hbond substituents is 4. The highest BCUT2D eigenvalue weighted by Crippen LogP contribution is 2.39. The van der Waals surface area contributed by atoms with Gasteiger partial charge in [-0.15, -0.1) is 0 Å². The number of carbonyl (C=O) groups is 4. The molecule has 0 bridgehead atoms. The first-order chi connectivity index (χ1) is 33.1. The summed E-state index contributed by atoms with van der Waals surface area (Å²) in [6.07, 6.45) is -6.07. The molecule has 8 N–H and O–H groups in total. The van der Waals surface area contributed by atoms with Gasteiger partial charge in [-0.3, -0.25) is 0 Å². The number of rotatable bonds is 18. The Balaban J connectivity index is 1.25. The summed E-state index contributed by atoms with van der Waals surface area (Å²) in [7, 11) is 1.34. The fourth-order valence-electron chi connectivity index (χ4n) is 6.85. The first-order valence-corrected chi connectivity index (χ1v) is 20.9. The third kappa shape index (κ3) is 13.8. The van der Waals surface area contributed by atoms with E-state index in [4.69, 9.17) is 37.9 Å². The van der Waals surface area contributed by atoms with E-state index in [1.807, 2.05) is 0 Å². The van der Waals surface area contributed by atoms with Gasteiger partial charge in [0.15, 0.2) is 30.0 Å². The summed E-state index contributed by atoms with van der Waals surface area (Å²) >= 11 is 0. The van der Waals surface area contributed by atoms with Crippen LogP contribution in [0.1, 0.15) is 22.3 Å². The predicted octanol–water partition coefficient (Wildman–Crippen LogP) is 2.49. The topological polar surface area (TPSA) is 304 Å². The number of hydrogen-bond donors (Lipinski definition) is 8. The Hall–Kier alpha value is -7.56. The zero-order chi connectivity index (χ0) is 49.7. The maximum absolute atomic E-state index is 13.3. The lowest BCUT2D eigenvalue weighted by atomic mass is 9.98. The Morgan fingerprint density at radius 3 is 1.52 bits per heavy atom. The van der Waals surface area contributed by atoms with Crippen LogP contribution in [0.5, 0.6) is 28.7 Å². The summed E-state index contributed by atoms with van der Waals surface area (Å²) in [5.74, 6) is -6.89. The molecule has 0 spiro atoms. The lowest BCUT2D eigenvalue weighted by molar-refractivity contribution is -0.383. The van der Waals surface area contributed by atoms with E-state index in [0.717, 1.165) is 24.3 Å². The summed E-state index contributed by atoms with van der Waals surface area (Å²) in [5, 5.41) is 84.4. The molecule has 0 saturated carbocycles. The lowest BCUT2D eigenvalue weighted by Gasteiger charge is -2.44. The molecule has 2 fully saturated rings. The van der Waals surface area contributed by atoms with Gasteiger partial charge in [0.25, 0.3) is 0 Å². The molecule has 2 aliphatic rings. The monoisotopic (exact) mass is 956 g/mol. The van der Waals surface area contributed by atoms with E-state index in [1.54, 1.807) is 0 Å². The van der Waals surface area contributed by atoms with Crippen molar-refractivity contribution in [3.8, 4) is 28.7 Å². The van der Waals surface area contributed by atoms with Gasteiger partial charge in [-0.05, 0) is 95.1 Å². The second-order valence-electron chi connectivity index (χ2n) is 15.3. The third-order valence-corrected chi connectivity index (χ3v) is 10.5. The van der Waals surface area contributed by atoms with Crippen LogP contribution in [0.15, 0.2) is 115 Å². The Kier molecular flexibility index (Phi) is 17.3. The van der Waals surface area contributed by atoms with Gasteiger partial charge in [0, 0.05) is 24.3 Å². The van der Waals surface area contributed by atoms with E-state index in [9.17, 15) is 60.0 Å². The standard InChI is InChI=1S/C49H48O20/c1-62-36-24-31(8-19-35(36)54)12-21-40(56)63-25-37-43(59)46(66-41(57)22-10-29-4-15-33(52)16-5-29)45(61)48(65-37)69-49(27-50)47(67-42(58)23-11-30-6-17-34(53)18-7-30)44(60)38(68-49)26-64-39(55)20-9-28-2-13-32(51)14-3-28/h2-24,37-38,43-48,50-54,59-61H,25-27H2,1H3/b20-9+,21-12+,22-10+,23-11+/t37-,38-,43-,44-,45-,46+,47+,48-,49+/m1/s1. The number of esters is 4. The number of phenols is 4. The Labute approximate surface area is 393 Å². The normalized spacial score (nSPS) is 24.7. The van der Waals surface area contributed by atoms with Crippen LogP contribution < -0.4 is 4.74 Å². The van der Waals surface area contributed by atoms with Crippen molar-refractivity contribution in [2.75, 3.05) is 26.9 Å².